The lowest BCUT2D eigenvalue weighted by molar-refractivity contribution is -0.0391. The molecule has 120 valence electrons. The van der Waals surface area contributed by atoms with Crippen LogP contribution < -0.4 is 11.5 Å². The summed E-state index contributed by atoms with van der Waals surface area (Å²) in [7, 11) is -4.67. The second-order valence-electron chi connectivity index (χ2n) is 4.29. The van der Waals surface area contributed by atoms with Gasteiger partial charge in [-0.05, 0) is 18.9 Å². The van der Waals surface area contributed by atoms with E-state index in [4.69, 9.17) is 33.7 Å². The number of guanidine groups is 1. The number of nitrogens with zero attached hydrogens (tertiary/aromatic N) is 1. The summed E-state index contributed by atoms with van der Waals surface area (Å²) in [5, 5.41) is 0. The number of aliphatic imine (C=N–C) groups is 1. The molecule has 1 aromatic carbocycles. The highest BCUT2D eigenvalue weighted by atomic mass is 32.3. The number of hydrogen-bond acceptors (Lipinski definition) is 4. The van der Waals surface area contributed by atoms with Gasteiger partial charge in [0.2, 0.25) is 0 Å². The summed E-state index contributed by atoms with van der Waals surface area (Å²) in [5.74, 6) is 0.0532. The smallest absolute Gasteiger partial charge is 0.370 e. The van der Waals surface area contributed by atoms with Crippen LogP contribution in [0.15, 0.2) is 35.3 Å². The topological polar surface area (TPSA) is 148 Å². The van der Waals surface area contributed by atoms with E-state index in [1.54, 1.807) is 0 Å². The molecule has 0 bridgehead atoms. The van der Waals surface area contributed by atoms with E-state index in [1.165, 1.54) is 0 Å². The fraction of sp³-hybridized carbons (Fsp3) is 0.417. The Kier molecular flexibility index (Phi) is 7.89. The van der Waals surface area contributed by atoms with Gasteiger partial charge in [0.25, 0.3) is 0 Å². The molecule has 0 aliphatic carbocycles. The molecule has 8 nitrogen and oxygen atoms in total. The van der Waals surface area contributed by atoms with Gasteiger partial charge in [-0.1, -0.05) is 37.3 Å². The molecule has 0 saturated carbocycles. The van der Waals surface area contributed by atoms with Crippen LogP contribution in [0.2, 0.25) is 0 Å². The molecule has 0 spiro atoms. The Balaban J connectivity index is 0.000000690. The number of nitrogens with two attached hydrogens (primary N) is 2. The van der Waals surface area contributed by atoms with Crippen molar-refractivity contribution in [2.24, 2.45) is 16.5 Å². The lowest BCUT2D eigenvalue weighted by atomic mass is 10.2. The minimum Gasteiger partial charge on any atom is -0.370 e. The van der Waals surface area contributed by atoms with Gasteiger partial charge in [0.1, 0.15) is 0 Å². The first-order valence-electron chi connectivity index (χ1n) is 6.04. The van der Waals surface area contributed by atoms with Crippen molar-refractivity contribution < 1.29 is 22.3 Å². The summed E-state index contributed by atoms with van der Waals surface area (Å²) in [6.07, 6.45) is 0.720. The van der Waals surface area contributed by atoms with E-state index >= 15 is 0 Å². The molecule has 21 heavy (non-hydrogen) atoms. The van der Waals surface area contributed by atoms with Gasteiger partial charge in [-0.25, -0.2) is 4.99 Å². The van der Waals surface area contributed by atoms with Crippen molar-refractivity contribution in [3.63, 3.8) is 0 Å². The lowest BCUT2D eigenvalue weighted by Crippen LogP contribution is -2.33. The van der Waals surface area contributed by atoms with Crippen molar-refractivity contribution in [1.82, 2.24) is 0 Å². The van der Waals surface area contributed by atoms with Crippen molar-refractivity contribution in [1.29, 1.82) is 0 Å². The Morgan fingerprint density at radius 2 is 1.76 bits per heavy atom. The molecule has 0 saturated heterocycles. The van der Waals surface area contributed by atoms with Crippen molar-refractivity contribution >= 4 is 16.4 Å². The average Bonchev–Trinajstić information content (AvgIpc) is 2.35. The van der Waals surface area contributed by atoms with Gasteiger partial charge in [0, 0.05) is 0 Å². The Morgan fingerprint density at radius 3 is 2.14 bits per heavy atom. The number of hydrogen-bond donors (Lipinski definition) is 4. The van der Waals surface area contributed by atoms with Crippen molar-refractivity contribution in [3.05, 3.63) is 35.9 Å². The zero-order chi connectivity index (χ0) is 16.5. The molecule has 1 rings (SSSR count). The Bertz CT molecular complexity index is 535. The quantitative estimate of drug-likeness (QED) is 0.358. The normalized spacial score (nSPS) is 13.5. The molecule has 0 radical (unpaired) electrons. The van der Waals surface area contributed by atoms with Crippen LogP contribution in [-0.2, 0) is 21.7 Å². The second-order valence-corrected chi connectivity index (χ2v) is 5.18. The minimum absolute atomic E-state index is 0.0532. The second kappa shape index (κ2) is 8.57. The molecule has 6 N–H and O–H groups in total. The summed E-state index contributed by atoms with van der Waals surface area (Å²) in [5.41, 5.74) is 11.2. The standard InChI is InChI=1S/C12H19N3O.H2O4S/c1-3-12(2,15-11(13)14)16-9-10-7-5-4-6-8-10;1-5(2,3)4/h4-8H,3,9H2,1-2H3,(H4,13,14,15);(H2,1,2,3,4). The molecule has 0 aliphatic heterocycles. The third kappa shape index (κ3) is 11.8. The predicted octanol–water partition coefficient (Wildman–Crippen LogP) is 0.950. The molecule has 1 atom stereocenters. The summed E-state index contributed by atoms with van der Waals surface area (Å²) in [4.78, 5) is 4.09. The summed E-state index contributed by atoms with van der Waals surface area (Å²) in [6.45, 7) is 4.36. The van der Waals surface area contributed by atoms with E-state index in [0.717, 1.165) is 12.0 Å². The Hall–Kier alpha value is -1.68. The Labute approximate surface area is 124 Å². The van der Waals surface area contributed by atoms with E-state index in [2.05, 4.69) is 4.99 Å². The van der Waals surface area contributed by atoms with E-state index in [1.807, 2.05) is 44.2 Å². The zero-order valence-corrected chi connectivity index (χ0v) is 12.7. The van der Waals surface area contributed by atoms with Gasteiger partial charge >= 0.3 is 10.4 Å². The van der Waals surface area contributed by atoms with Crippen LogP contribution >= 0.6 is 0 Å². The van der Waals surface area contributed by atoms with Crippen LogP contribution in [0.5, 0.6) is 0 Å². The molecule has 1 aromatic rings. The molecular formula is C12H21N3O5S. The maximum atomic E-state index is 8.74. The van der Waals surface area contributed by atoms with Crippen molar-refractivity contribution in [2.45, 2.75) is 32.6 Å². The predicted molar refractivity (Wildman–Crippen MR) is 79.9 cm³/mol. The molecule has 0 amide bonds. The number of ether oxygens (including phenoxy) is 1. The molecule has 0 heterocycles. The first-order chi connectivity index (χ1) is 9.56. The number of rotatable bonds is 5. The van der Waals surface area contributed by atoms with Crippen LogP contribution in [-0.4, -0.2) is 29.2 Å². The van der Waals surface area contributed by atoms with Crippen molar-refractivity contribution in [3.8, 4) is 0 Å². The third-order valence-electron chi connectivity index (χ3n) is 2.41. The fourth-order valence-electron chi connectivity index (χ4n) is 1.30. The molecule has 0 fully saturated rings. The average molecular weight is 319 g/mol. The van der Waals surface area contributed by atoms with Gasteiger partial charge in [-0.3, -0.25) is 9.11 Å². The van der Waals surface area contributed by atoms with Gasteiger partial charge in [0.05, 0.1) is 6.61 Å². The summed E-state index contributed by atoms with van der Waals surface area (Å²) < 4.78 is 37.3. The van der Waals surface area contributed by atoms with Gasteiger partial charge in [-0.15, -0.1) is 0 Å². The largest absolute Gasteiger partial charge is 0.394 e. The van der Waals surface area contributed by atoms with Gasteiger partial charge in [-0.2, -0.15) is 8.42 Å². The van der Waals surface area contributed by atoms with E-state index < -0.39 is 16.1 Å². The minimum atomic E-state index is -4.67. The first kappa shape index (κ1) is 19.3. The zero-order valence-electron chi connectivity index (χ0n) is 11.9. The number of benzene rings is 1. The summed E-state index contributed by atoms with van der Waals surface area (Å²) >= 11 is 0. The van der Waals surface area contributed by atoms with Crippen LogP contribution in [0.25, 0.3) is 0 Å². The maximum absolute atomic E-state index is 8.74. The Morgan fingerprint density at radius 1 is 1.29 bits per heavy atom. The summed E-state index contributed by atoms with van der Waals surface area (Å²) in [6, 6.07) is 9.93. The highest BCUT2D eigenvalue weighted by Gasteiger charge is 2.21. The first-order valence-corrected chi connectivity index (χ1v) is 7.44. The van der Waals surface area contributed by atoms with E-state index in [9.17, 15) is 0 Å². The highest BCUT2D eigenvalue weighted by molar-refractivity contribution is 7.79. The molecule has 0 aliphatic rings. The maximum Gasteiger partial charge on any atom is 0.394 e. The molecular weight excluding hydrogens is 298 g/mol. The molecule has 9 heteroatoms. The third-order valence-corrected chi connectivity index (χ3v) is 2.41. The van der Waals surface area contributed by atoms with Gasteiger partial charge in [0.15, 0.2) is 11.7 Å². The van der Waals surface area contributed by atoms with Crippen LogP contribution in [0.3, 0.4) is 0 Å². The van der Waals surface area contributed by atoms with Crippen LogP contribution in [0.1, 0.15) is 25.8 Å². The highest BCUT2D eigenvalue weighted by Crippen LogP contribution is 2.18. The van der Waals surface area contributed by atoms with E-state index in [-0.39, 0.29) is 5.96 Å². The lowest BCUT2D eigenvalue weighted by Gasteiger charge is -2.24. The molecule has 1 unspecified atom stereocenters. The SMILES string of the molecule is CCC(C)(N=C(N)N)OCc1ccccc1.O=S(=O)(O)O. The van der Waals surface area contributed by atoms with E-state index in [0.29, 0.717) is 6.61 Å². The van der Waals surface area contributed by atoms with Crippen molar-refractivity contribution in [2.75, 3.05) is 0 Å². The monoisotopic (exact) mass is 319 g/mol. The van der Waals surface area contributed by atoms with Gasteiger partial charge < -0.3 is 16.2 Å². The molecule has 0 aromatic heterocycles. The van der Waals surface area contributed by atoms with Crippen LogP contribution in [0, 0.1) is 0 Å². The van der Waals surface area contributed by atoms with Crippen LogP contribution in [0.4, 0.5) is 0 Å². The fourth-order valence-corrected chi connectivity index (χ4v) is 1.30.